The molecular weight excluding hydrogens is 292 g/mol. The molecule has 5 nitrogen and oxygen atoms in total. The van der Waals surface area contributed by atoms with Gasteiger partial charge in [-0.3, -0.25) is 4.79 Å². The number of amides is 1. The molecular formula is C18H20N2O3. The molecule has 2 aromatic rings. The van der Waals surface area contributed by atoms with Crippen LogP contribution < -0.4 is 15.2 Å². The molecule has 1 atom stereocenters. The standard InChI is InChI=1S/C18H20N2O3/c1-20(18(21)10-13-5-4-6-14(19)9-13)11-15-12-22-16-7-2-3-8-17(16)23-15/h2-9,15H,10-12,19H2,1H3. The van der Waals surface area contributed by atoms with E-state index in [4.69, 9.17) is 15.2 Å². The van der Waals surface area contributed by atoms with Gasteiger partial charge in [0.25, 0.3) is 0 Å². The van der Waals surface area contributed by atoms with E-state index in [0.717, 1.165) is 17.1 Å². The molecule has 0 saturated carbocycles. The fraction of sp³-hybridized carbons (Fsp3) is 0.278. The SMILES string of the molecule is CN(CC1COc2ccccc2O1)C(=O)Cc1cccc(N)c1. The number of benzene rings is 2. The average Bonchev–Trinajstić information content (AvgIpc) is 2.54. The zero-order chi connectivity index (χ0) is 16.2. The minimum atomic E-state index is -0.167. The Labute approximate surface area is 135 Å². The van der Waals surface area contributed by atoms with Crippen molar-refractivity contribution in [1.29, 1.82) is 0 Å². The normalized spacial score (nSPS) is 16.0. The molecule has 0 spiro atoms. The van der Waals surface area contributed by atoms with Gasteiger partial charge in [-0.15, -0.1) is 0 Å². The number of nitrogens with two attached hydrogens (primary N) is 1. The zero-order valence-corrected chi connectivity index (χ0v) is 13.1. The van der Waals surface area contributed by atoms with Crippen molar-refractivity contribution in [3.63, 3.8) is 0 Å². The lowest BCUT2D eigenvalue weighted by molar-refractivity contribution is -0.130. The number of ether oxygens (including phenoxy) is 2. The molecule has 1 amide bonds. The summed E-state index contributed by atoms with van der Waals surface area (Å²) in [5, 5.41) is 0. The average molecular weight is 312 g/mol. The van der Waals surface area contributed by atoms with E-state index in [1.165, 1.54) is 0 Å². The van der Waals surface area contributed by atoms with Gasteiger partial charge in [-0.25, -0.2) is 0 Å². The number of carbonyl (C=O) groups excluding carboxylic acids is 1. The number of likely N-dealkylation sites (N-methyl/N-ethyl adjacent to an activating group) is 1. The van der Waals surface area contributed by atoms with Gasteiger partial charge in [-0.05, 0) is 29.8 Å². The summed E-state index contributed by atoms with van der Waals surface area (Å²) in [6.07, 6.45) is 0.158. The first-order valence-electron chi connectivity index (χ1n) is 7.58. The minimum Gasteiger partial charge on any atom is -0.486 e. The van der Waals surface area contributed by atoms with Gasteiger partial charge in [0, 0.05) is 12.7 Å². The maximum Gasteiger partial charge on any atom is 0.226 e. The second-order valence-corrected chi connectivity index (χ2v) is 5.69. The van der Waals surface area contributed by atoms with Gasteiger partial charge in [-0.1, -0.05) is 24.3 Å². The van der Waals surface area contributed by atoms with Crippen LogP contribution in [-0.2, 0) is 11.2 Å². The van der Waals surface area contributed by atoms with Gasteiger partial charge < -0.3 is 20.1 Å². The predicted molar refractivity (Wildman–Crippen MR) is 88.5 cm³/mol. The molecule has 3 rings (SSSR count). The van der Waals surface area contributed by atoms with E-state index in [0.29, 0.717) is 25.3 Å². The fourth-order valence-electron chi connectivity index (χ4n) is 2.57. The van der Waals surface area contributed by atoms with Crippen LogP contribution in [0.15, 0.2) is 48.5 Å². The Morgan fingerprint density at radius 2 is 2.00 bits per heavy atom. The number of para-hydroxylation sites is 2. The Hall–Kier alpha value is -2.69. The Balaban J connectivity index is 1.57. The van der Waals surface area contributed by atoms with Gasteiger partial charge >= 0.3 is 0 Å². The van der Waals surface area contributed by atoms with E-state index in [-0.39, 0.29) is 12.0 Å². The molecule has 5 heteroatoms. The molecule has 23 heavy (non-hydrogen) atoms. The van der Waals surface area contributed by atoms with Crippen LogP contribution in [0, 0.1) is 0 Å². The zero-order valence-electron chi connectivity index (χ0n) is 13.1. The maximum absolute atomic E-state index is 12.3. The minimum absolute atomic E-state index is 0.0260. The van der Waals surface area contributed by atoms with Crippen molar-refractivity contribution in [2.45, 2.75) is 12.5 Å². The molecule has 120 valence electrons. The van der Waals surface area contributed by atoms with Crippen molar-refractivity contribution < 1.29 is 14.3 Å². The van der Waals surface area contributed by atoms with Crippen LogP contribution in [-0.4, -0.2) is 37.1 Å². The first-order valence-corrected chi connectivity index (χ1v) is 7.58. The molecule has 2 aromatic carbocycles. The first kappa shape index (κ1) is 15.2. The Bertz CT molecular complexity index is 702. The summed E-state index contributed by atoms with van der Waals surface area (Å²) in [5.41, 5.74) is 7.32. The Kier molecular flexibility index (Phi) is 4.37. The molecule has 1 heterocycles. The third-order valence-electron chi connectivity index (χ3n) is 3.78. The number of anilines is 1. The number of nitrogen functional groups attached to an aromatic ring is 1. The van der Waals surface area contributed by atoms with Gasteiger partial charge in [0.1, 0.15) is 6.61 Å². The van der Waals surface area contributed by atoms with Crippen LogP contribution in [0.1, 0.15) is 5.56 Å². The molecule has 1 unspecified atom stereocenters. The fourth-order valence-corrected chi connectivity index (χ4v) is 2.57. The lowest BCUT2D eigenvalue weighted by Gasteiger charge is -2.29. The highest BCUT2D eigenvalue weighted by Gasteiger charge is 2.23. The molecule has 1 aliphatic rings. The second-order valence-electron chi connectivity index (χ2n) is 5.69. The third kappa shape index (κ3) is 3.74. The van der Waals surface area contributed by atoms with E-state index >= 15 is 0 Å². The number of nitrogens with zero attached hydrogens (tertiary/aromatic N) is 1. The summed E-state index contributed by atoms with van der Waals surface area (Å²) >= 11 is 0. The van der Waals surface area contributed by atoms with Crippen LogP contribution in [0.25, 0.3) is 0 Å². The quantitative estimate of drug-likeness (QED) is 0.878. The lowest BCUT2D eigenvalue weighted by atomic mass is 10.1. The van der Waals surface area contributed by atoms with E-state index in [2.05, 4.69) is 0 Å². The number of rotatable bonds is 4. The Morgan fingerprint density at radius 3 is 2.78 bits per heavy atom. The highest BCUT2D eigenvalue weighted by molar-refractivity contribution is 5.78. The van der Waals surface area contributed by atoms with Crippen molar-refractivity contribution in [1.82, 2.24) is 4.90 Å². The van der Waals surface area contributed by atoms with Gasteiger partial charge in [0.2, 0.25) is 5.91 Å². The van der Waals surface area contributed by atoms with E-state index < -0.39 is 0 Å². The number of fused-ring (bicyclic) bond motifs is 1. The summed E-state index contributed by atoms with van der Waals surface area (Å²) < 4.78 is 11.6. The van der Waals surface area contributed by atoms with Gasteiger partial charge in [0.05, 0.1) is 13.0 Å². The van der Waals surface area contributed by atoms with Crippen molar-refractivity contribution in [2.24, 2.45) is 0 Å². The van der Waals surface area contributed by atoms with Gasteiger partial charge in [0.15, 0.2) is 17.6 Å². The van der Waals surface area contributed by atoms with Crippen molar-refractivity contribution in [3.05, 3.63) is 54.1 Å². The van der Waals surface area contributed by atoms with Gasteiger partial charge in [-0.2, -0.15) is 0 Å². The van der Waals surface area contributed by atoms with E-state index in [1.807, 2.05) is 48.5 Å². The predicted octanol–water partition coefficient (Wildman–Crippen LogP) is 2.11. The molecule has 0 aromatic heterocycles. The van der Waals surface area contributed by atoms with Crippen LogP contribution in [0.2, 0.25) is 0 Å². The number of hydrogen-bond donors (Lipinski definition) is 1. The number of hydrogen-bond acceptors (Lipinski definition) is 4. The molecule has 0 radical (unpaired) electrons. The Morgan fingerprint density at radius 1 is 1.22 bits per heavy atom. The summed E-state index contributed by atoms with van der Waals surface area (Å²) in [5.74, 6) is 1.50. The second kappa shape index (κ2) is 6.60. The molecule has 1 aliphatic heterocycles. The monoisotopic (exact) mass is 312 g/mol. The molecule has 0 bridgehead atoms. The molecule has 0 fully saturated rings. The van der Waals surface area contributed by atoms with Crippen LogP contribution in [0.3, 0.4) is 0 Å². The molecule has 0 aliphatic carbocycles. The maximum atomic E-state index is 12.3. The number of carbonyl (C=O) groups is 1. The van der Waals surface area contributed by atoms with Crippen LogP contribution in [0.5, 0.6) is 11.5 Å². The summed E-state index contributed by atoms with van der Waals surface area (Å²) in [6.45, 7) is 0.919. The van der Waals surface area contributed by atoms with Crippen molar-refractivity contribution in [2.75, 3.05) is 25.9 Å². The summed E-state index contributed by atoms with van der Waals surface area (Å²) in [7, 11) is 1.78. The molecule has 0 saturated heterocycles. The highest BCUT2D eigenvalue weighted by Crippen LogP contribution is 2.30. The summed E-state index contributed by atoms with van der Waals surface area (Å²) in [4.78, 5) is 14.0. The lowest BCUT2D eigenvalue weighted by Crippen LogP contribution is -2.42. The smallest absolute Gasteiger partial charge is 0.226 e. The molecule has 2 N–H and O–H groups in total. The first-order chi connectivity index (χ1) is 11.1. The highest BCUT2D eigenvalue weighted by atomic mass is 16.6. The third-order valence-corrected chi connectivity index (χ3v) is 3.78. The topological polar surface area (TPSA) is 64.8 Å². The largest absolute Gasteiger partial charge is 0.486 e. The van der Waals surface area contributed by atoms with E-state index in [1.54, 1.807) is 11.9 Å². The van der Waals surface area contributed by atoms with E-state index in [9.17, 15) is 4.79 Å². The van der Waals surface area contributed by atoms with Crippen LogP contribution >= 0.6 is 0 Å². The van der Waals surface area contributed by atoms with Crippen LogP contribution in [0.4, 0.5) is 5.69 Å². The van der Waals surface area contributed by atoms with Crippen molar-refractivity contribution >= 4 is 11.6 Å². The summed E-state index contributed by atoms with van der Waals surface area (Å²) in [6, 6.07) is 14.9. The van der Waals surface area contributed by atoms with Crippen molar-refractivity contribution in [3.8, 4) is 11.5 Å².